The van der Waals surface area contributed by atoms with Crippen LogP contribution in [-0.2, 0) is 4.79 Å². The maximum atomic E-state index is 13.2. The first-order valence-corrected chi connectivity index (χ1v) is 10.6. The van der Waals surface area contributed by atoms with Gasteiger partial charge in [-0.05, 0) is 43.6 Å². The monoisotopic (exact) mass is 407 g/mol. The number of amides is 1. The lowest BCUT2D eigenvalue weighted by atomic mass is 9.95. The summed E-state index contributed by atoms with van der Waals surface area (Å²) < 4.78 is 0. The fourth-order valence-electron chi connectivity index (χ4n) is 4.80. The topological polar surface area (TPSA) is 61.4 Å². The van der Waals surface area contributed by atoms with E-state index in [0.717, 1.165) is 61.5 Å². The summed E-state index contributed by atoms with van der Waals surface area (Å²) in [6, 6.07) is 3.21. The minimum atomic E-state index is 0. The van der Waals surface area contributed by atoms with Crippen LogP contribution in [0.5, 0.6) is 0 Å². The summed E-state index contributed by atoms with van der Waals surface area (Å²) in [5.41, 5.74) is 0. The summed E-state index contributed by atoms with van der Waals surface area (Å²) >= 11 is 1.64. The van der Waals surface area contributed by atoms with E-state index in [-0.39, 0.29) is 18.3 Å². The molecule has 3 aliphatic rings. The molecule has 6 nitrogen and oxygen atoms in total. The van der Waals surface area contributed by atoms with Crippen molar-refractivity contribution in [1.29, 1.82) is 0 Å². The van der Waals surface area contributed by atoms with E-state index in [9.17, 15) is 4.79 Å². The van der Waals surface area contributed by atoms with E-state index in [1.807, 2.05) is 0 Å². The first-order chi connectivity index (χ1) is 12.8. The molecule has 3 unspecified atom stereocenters. The molecule has 5 heterocycles. The normalized spacial score (nSPS) is 28.1. The Morgan fingerprint density at radius 1 is 1.11 bits per heavy atom. The average molecular weight is 408 g/mol. The van der Waals surface area contributed by atoms with E-state index in [2.05, 4.69) is 36.5 Å². The van der Waals surface area contributed by atoms with E-state index in [0.29, 0.717) is 18.0 Å². The van der Waals surface area contributed by atoms with Gasteiger partial charge in [-0.25, -0.2) is 9.97 Å². The first-order valence-electron chi connectivity index (χ1n) is 9.76. The van der Waals surface area contributed by atoms with Crippen LogP contribution in [0.3, 0.4) is 0 Å². The van der Waals surface area contributed by atoms with E-state index < -0.39 is 0 Å². The van der Waals surface area contributed by atoms with Crippen molar-refractivity contribution in [2.24, 2.45) is 5.92 Å². The first kappa shape index (κ1) is 18.9. The second-order valence-electron chi connectivity index (χ2n) is 7.83. The summed E-state index contributed by atoms with van der Waals surface area (Å²) in [5, 5.41) is 6.85. The highest BCUT2D eigenvalue weighted by Gasteiger charge is 2.35. The molecule has 8 heteroatoms. The Labute approximate surface area is 169 Å². The van der Waals surface area contributed by atoms with Crippen LogP contribution < -0.4 is 10.2 Å². The number of halogens is 1. The van der Waals surface area contributed by atoms with Gasteiger partial charge in [-0.2, -0.15) is 0 Å². The number of rotatable bonds is 2. The largest absolute Gasteiger partial charge is 0.355 e. The zero-order valence-electron chi connectivity index (χ0n) is 15.3. The van der Waals surface area contributed by atoms with Crippen molar-refractivity contribution < 1.29 is 4.79 Å². The van der Waals surface area contributed by atoms with Crippen molar-refractivity contribution in [1.82, 2.24) is 20.2 Å². The van der Waals surface area contributed by atoms with Gasteiger partial charge in [0.05, 0.1) is 11.3 Å². The minimum Gasteiger partial charge on any atom is -0.355 e. The van der Waals surface area contributed by atoms with Gasteiger partial charge in [-0.3, -0.25) is 4.79 Å². The molecule has 0 aromatic carbocycles. The van der Waals surface area contributed by atoms with Gasteiger partial charge in [-0.1, -0.05) is 0 Å². The molecular formula is C19H26ClN5OS. The van der Waals surface area contributed by atoms with E-state index in [4.69, 9.17) is 0 Å². The average Bonchev–Trinajstić information content (AvgIpc) is 3.27. The molecule has 1 N–H and O–H groups in total. The van der Waals surface area contributed by atoms with Crippen molar-refractivity contribution in [3.05, 3.63) is 17.8 Å². The van der Waals surface area contributed by atoms with Crippen LogP contribution in [-0.4, -0.2) is 59.0 Å². The van der Waals surface area contributed by atoms with Crippen molar-refractivity contribution in [2.75, 3.05) is 31.1 Å². The number of thiophene rings is 1. The molecule has 0 radical (unpaired) electrons. The molecule has 5 rings (SSSR count). The van der Waals surface area contributed by atoms with Crippen LogP contribution in [0.15, 0.2) is 17.8 Å². The van der Waals surface area contributed by atoms with Crippen LogP contribution in [0.2, 0.25) is 0 Å². The molecule has 0 saturated carbocycles. The SMILES string of the molecule is Cl.O=C(C1CCCN(c2ncnc3sccc23)C1)N1CCC2CCC(C1)N2. The molecule has 3 atom stereocenters. The second-order valence-corrected chi connectivity index (χ2v) is 8.73. The predicted octanol–water partition coefficient (Wildman–Crippen LogP) is 2.68. The van der Waals surface area contributed by atoms with Gasteiger partial charge in [0.2, 0.25) is 5.91 Å². The van der Waals surface area contributed by atoms with Crippen LogP contribution in [0, 0.1) is 5.92 Å². The Morgan fingerprint density at radius 3 is 2.93 bits per heavy atom. The zero-order chi connectivity index (χ0) is 17.5. The Morgan fingerprint density at radius 2 is 2.00 bits per heavy atom. The number of carbonyl (C=O) groups excluding carboxylic acids is 1. The summed E-state index contributed by atoms with van der Waals surface area (Å²) in [5.74, 6) is 1.43. The smallest absolute Gasteiger partial charge is 0.227 e. The van der Waals surface area contributed by atoms with Gasteiger partial charge in [0, 0.05) is 38.3 Å². The van der Waals surface area contributed by atoms with Gasteiger partial charge in [0.1, 0.15) is 17.0 Å². The van der Waals surface area contributed by atoms with E-state index in [1.165, 1.54) is 12.8 Å². The summed E-state index contributed by atoms with van der Waals surface area (Å²) in [6.45, 7) is 3.54. The fourth-order valence-corrected chi connectivity index (χ4v) is 5.53. The molecule has 0 aliphatic carbocycles. The molecule has 146 valence electrons. The van der Waals surface area contributed by atoms with Crippen molar-refractivity contribution in [3.8, 4) is 0 Å². The maximum absolute atomic E-state index is 13.2. The predicted molar refractivity (Wildman–Crippen MR) is 111 cm³/mol. The van der Waals surface area contributed by atoms with Crippen LogP contribution in [0.25, 0.3) is 10.2 Å². The lowest BCUT2D eigenvalue weighted by Crippen LogP contribution is -2.47. The number of hydrogen-bond acceptors (Lipinski definition) is 6. The standard InChI is InChI=1S/C19H25N5OS.ClH/c25-19(24-8-5-14-3-4-15(11-24)22-14)13-2-1-7-23(10-13)17-16-6-9-26-18(16)21-12-20-17;/h6,9,12-15,22H,1-5,7-8,10-11H2;1H. The molecule has 3 aliphatic heterocycles. The lowest BCUT2D eigenvalue weighted by molar-refractivity contribution is -0.136. The number of likely N-dealkylation sites (tertiary alicyclic amines) is 1. The van der Waals surface area contributed by atoms with Gasteiger partial charge in [0.15, 0.2) is 0 Å². The van der Waals surface area contributed by atoms with Crippen molar-refractivity contribution in [2.45, 2.75) is 44.2 Å². The molecule has 3 saturated heterocycles. The number of carbonyl (C=O) groups is 1. The third-order valence-electron chi connectivity index (χ3n) is 6.15. The highest BCUT2D eigenvalue weighted by Crippen LogP contribution is 2.31. The molecule has 3 fully saturated rings. The van der Waals surface area contributed by atoms with Crippen LogP contribution in [0.4, 0.5) is 5.82 Å². The van der Waals surface area contributed by atoms with Crippen molar-refractivity contribution in [3.63, 3.8) is 0 Å². The van der Waals surface area contributed by atoms with Gasteiger partial charge >= 0.3 is 0 Å². The lowest BCUT2D eigenvalue weighted by Gasteiger charge is -2.36. The Kier molecular flexibility index (Phi) is 5.53. The summed E-state index contributed by atoms with van der Waals surface area (Å²) in [7, 11) is 0. The third kappa shape index (κ3) is 3.65. The Bertz CT molecular complexity index is 814. The zero-order valence-corrected chi connectivity index (χ0v) is 17.0. The maximum Gasteiger partial charge on any atom is 0.227 e. The Balaban J connectivity index is 0.00000180. The highest BCUT2D eigenvalue weighted by atomic mass is 35.5. The summed E-state index contributed by atoms with van der Waals surface area (Å²) in [6.07, 6.45) is 7.27. The fraction of sp³-hybridized carbons (Fsp3) is 0.632. The molecule has 2 aromatic heterocycles. The molecule has 0 spiro atoms. The second kappa shape index (κ2) is 7.89. The van der Waals surface area contributed by atoms with E-state index in [1.54, 1.807) is 17.7 Å². The van der Waals surface area contributed by atoms with Gasteiger partial charge in [-0.15, -0.1) is 23.7 Å². The van der Waals surface area contributed by atoms with E-state index >= 15 is 0 Å². The van der Waals surface area contributed by atoms with Crippen LogP contribution in [0.1, 0.15) is 32.1 Å². The number of piperidine rings is 1. The minimum absolute atomic E-state index is 0. The third-order valence-corrected chi connectivity index (χ3v) is 6.97. The van der Waals surface area contributed by atoms with Gasteiger partial charge < -0.3 is 15.1 Å². The number of aromatic nitrogens is 2. The van der Waals surface area contributed by atoms with Crippen LogP contribution >= 0.6 is 23.7 Å². The van der Waals surface area contributed by atoms with Gasteiger partial charge in [0.25, 0.3) is 0 Å². The summed E-state index contributed by atoms with van der Waals surface area (Å²) in [4.78, 5) is 27.6. The molecule has 2 aromatic rings. The molecule has 1 amide bonds. The number of nitrogens with one attached hydrogen (secondary N) is 1. The Hall–Kier alpha value is -1.44. The number of nitrogens with zero attached hydrogens (tertiary/aromatic N) is 4. The molecular weight excluding hydrogens is 382 g/mol. The molecule has 27 heavy (non-hydrogen) atoms. The number of anilines is 1. The number of fused-ring (bicyclic) bond motifs is 3. The quantitative estimate of drug-likeness (QED) is 0.829. The van der Waals surface area contributed by atoms with Crippen molar-refractivity contribution >= 4 is 45.7 Å². The number of hydrogen-bond donors (Lipinski definition) is 1. The molecule has 2 bridgehead atoms. The highest BCUT2D eigenvalue weighted by molar-refractivity contribution is 7.16.